The third-order valence-electron chi connectivity index (χ3n) is 3.55. The lowest BCUT2D eigenvalue weighted by Gasteiger charge is -2.24. The summed E-state index contributed by atoms with van der Waals surface area (Å²) in [5, 5.41) is 13.4. The molecule has 0 saturated carbocycles. The summed E-state index contributed by atoms with van der Waals surface area (Å²) >= 11 is 0. The number of aliphatic hydroxyl groups excluding tert-OH is 1. The summed E-state index contributed by atoms with van der Waals surface area (Å²) in [6.45, 7) is 4.57. The molecule has 0 bridgehead atoms. The standard InChI is InChI=1S/C16H26N2O3/c1-4-14(17-10-13(19)11-18(2)3)12-5-6-15-16(9-12)21-8-7-20-15/h5-6,9,13-14,17,19H,4,7-8,10-11H2,1-3H3. The van der Waals surface area contributed by atoms with E-state index in [0.29, 0.717) is 26.3 Å². The van der Waals surface area contributed by atoms with E-state index in [9.17, 15) is 5.11 Å². The van der Waals surface area contributed by atoms with E-state index >= 15 is 0 Å². The van der Waals surface area contributed by atoms with Crippen LogP contribution in [-0.2, 0) is 0 Å². The van der Waals surface area contributed by atoms with Crippen LogP contribution >= 0.6 is 0 Å². The summed E-state index contributed by atoms with van der Waals surface area (Å²) in [6.07, 6.45) is 0.584. The first-order valence-electron chi connectivity index (χ1n) is 7.56. The van der Waals surface area contributed by atoms with Crippen molar-refractivity contribution in [2.75, 3.05) is 40.4 Å². The lowest BCUT2D eigenvalue weighted by Crippen LogP contribution is -2.36. The molecule has 1 aromatic carbocycles. The molecule has 0 spiro atoms. The number of ether oxygens (including phenoxy) is 2. The molecule has 1 heterocycles. The molecule has 5 heteroatoms. The van der Waals surface area contributed by atoms with Crippen LogP contribution < -0.4 is 14.8 Å². The molecule has 2 atom stereocenters. The van der Waals surface area contributed by atoms with Crippen molar-refractivity contribution in [2.45, 2.75) is 25.5 Å². The highest BCUT2D eigenvalue weighted by Crippen LogP contribution is 2.33. The summed E-state index contributed by atoms with van der Waals surface area (Å²) in [5.74, 6) is 1.63. The maximum atomic E-state index is 9.95. The van der Waals surface area contributed by atoms with Gasteiger partial charge in [0.15, 0.2) is 11.5 Å². The molecular weight excluding hydrogens is 268 g/mol. The molecule has 0 radical (unpaired) electrons. The van der Waals surface area contributed by atoms with Crippen LogP contribution in [-0.4, -0.2) is 56.5 Å². The van der Waals surface area contributed by atoms with Crippen LogP contribution in [0.2, 0.25) is 0 Å². The van der Waals surface area contributed by atoms with E-state index in [4.69, 9.17) is 9.47 Å². The molecule has 0 amide bonds. The van der Waals surface area contributed by atoms with Crippen LogP contribution in [0, 0.1) is 0 Å². The lowest BCUT2D eigenvalue weighted by atomic mass is 10.0. The molecule has 2 N–H and O–H groups in total. The Hall–Kier alpha value is -1.30. The minimum atomic E-state index is -0.369. The van der Waals surface area contributed by atoms with Gasteiger partial charge in [0, 0.05) is 19.1 Å². The van der Waals surface area contributed by atoms with E-state index < -0.39 is 0 Å². The number of benzene rings is 1. The predicted octanol–water partition coefficient (Wildman–Crippen LogP) is 1.42. The fourth-order valence-corrected chi connectivity index (χ4v) is 2.54. The molecule has 1 aromatic rings. The Balaban J connectivity index is 1.97. The van der Waals surface area contributed by atoms with Crippen molar-refractivity contribution < 1.29 is 14.6 Å². The van der Waals surface area contributed by atoms with Crippen LogP contribution in [0.25, 0.3) is 0 Å². The third-order valence-corrected chi connectivity index (χ3v) is 3.55. The number of hydrogen-bond donors (Lipinski definition) is 2. The second-order valence-corrected chi connectivity index (χ2v) is 5.69. The smallest absolute Gasteiger partial charge is 0.161 e. The first kappa shape index (κ1) is 16.1. The zero-order valence-corrected chi connectivity index (χ0v) is 13.1. The van der Waals surface area contributed by atoms with Crippen LogP contribution in [0.4, 0.5) is 0 Å². The quantitative estimate of drug-likeness (QED) is 0.796. The van der Waals surface area contributed by atoms with E-state index in [1.165, 1.54) is 5.56 Å². The van der Waals surface area contributed by atoms with Gasteiger partial charge >= 0.3 is 0 Å². The summed E-state index contributed by atoms with van der Waals surface area (Å²) in [6, 6.07) is 6.27. The Morgan fingerprint density at radius 3 is 2.62 bits per heavy atom. The van der Waals surface area contributed by atoms with Crippen LogP contribution in [0.1, 0.15) is 24.9 Å². The molecule has 2 unspecified atom stereocenters. The van der Waals surface area contributed by atoms with Gasteiger partial charge in [0.2, 0.25) is 0 Å². The fraction of sp³-hybridized carbons (Fsp3) is 0.625. The first-order valence-corrected chi connectivity index (χ1v) is 7.56. The predicted molar refractivity (Wildman–Crippen MR) is 83.0 cm³/mol. The first-order chi connectivity index (χ1) is 10.1. The van der Waals surface area contributed by atoms with E-state index in [2.05, 4.69) is 18.3 Å². The van der Waals surface area contributed by atoms with Crippen molar-refractivity contribution in [3.63, 3.8) is 0 Å². The van der Waals surface area contributed by atoms with Gasteiger partial charge in [-0.1, -0.05) is 13.0 Å². The minimum absolute atomic E-state index is 0.206. The molecule has 1 aliphatic heterocycles. The van der Waals surface area contributed by atoms with Gasteiger partial charge in [0.05, 0.1) is 6.10 Å². The van der Waals surface area contributed by atoms with Crippen molar-refractivity contribution in [3.8, 4) is 11.5 Å². The van der Waals surface area contributed by atoms with E-state index in [-0.39, 0.29) is 12.1 Å². The zero-order chi connectivity index (χ0) is 15.2. The fourth-order valence-electron chi connectivity index (χ4n) is 2.54. The van der Waals surface area contributed by atoms with Gasteiger partial charge in [-0.2, -0.15) is 0 Å². The third kappa shape index (κ3) is 4.59. The molecule has 2 rings (SSSR count). The second-order valence-electron chi connectivity index (χ2n) is 5.69. The van der Waals surface area contributed by atoms with Crippen molar-refractivity contribution in [1.82, 2.24) is 10.2 Å². The molecular formula is C16H26N2O3. The highest BCUT2D eigenvalue weighted by atomic mass is 16.6. The number of rotatable bonds is 7. The largest absolute Gasteiger partial charge is 0.486 e. The topological polar surface area (TPSA) is 54.0 Å². The molecule has 5 nitrogen and oxygen atoms in total. The van der Waals surface area contributed by atoms with Gasteiger partial charge in [-0.15, -0.1) is 0 Å². The van der Waals surface area contributed by atoms with Crippen LogP contribution in [0.3, 0.4) is 0 Å². The number of fused-ring (bicyclic) bond motifs is 1. The number of hydrogen-bond acceptors (Lipinski definition) is 5. The average Bonchev–Trinajstić information content (AvgIpc) is 2.47. The average molecular weight is 294 g/mol. The van der Waals surface area contributed by atoms with Crippen molar-refractivity contribution in [1.29, 1.82) is 0 Å². The number of aliphatic hydroxyl groups is 1. The monoisotopic (exact) mass is 294 g/mol. The summed E-state index contributed by atoms with van der Waals surface area (Å²) in [5.41, 5.74) is 1.17. The Labute approximate surface area is 126 Å². The lowest BCUT2D eigenvalue weighted by molar-refractivity contribution is 0.131. The van der Waals surface area contributed by atoms with Crippen molar-refractivity contribution in [3.05, 3.63) is 23.8 Å². The Kier molecular flexibility index (Phi) is 5.85. The molecule has 0 fully saturated rings. The Morgan fingerprint density at radius 2 is 1.95 bits per heavy atom. The maximum absolute atomic E-state index is 9.95. The molecule has 21 heavy (non-hydrogen) atoms. The van der Waals surface area contributed by atoms with Crippen LogP contribution in [0.5, 0.6) is 11.5 Å². The Bertz CT molecular complexity index is 451. The van der Waals surface area contributed by atoms with E-state index in [1.807, 2.05) is 31.1 Å². The zero-order valence-electron chi connectivity index (χ0n) is 13.1. The van der Waals surface area contributed by atoms with Gasteiger partial charge in [0.25, 0.3) is 0 Å². The highest BCUT2D eigenvalue weighted by molar-refractivity contribution is 5.44. The highest BCUT2D eigenvalue weighted by Gasteiger charge is 2.16. The SMILES string of the molecule is CCC(NCC(O)CN(C)C)c1ccc2c(c1)OCCO2. The van der Waals surface area contributed by atoms with Gasteiger partial charge in [-0.05, 0) is 38.2 Å². The molecule has 0 aliphatic carbocycles. The second kappa shape index (κ2) is 7.64. The van der Waals surface area contributed by atoms with Crippen molar-refractivity contribution >= 4 is 0 Å². The van der Waals surface area contributed by atoms with Gasteiger partial charge in [-0.3, -0.25) is 0 Å². The number of nitrogens with zero attached hydrogens (tertiary/aromatic N) is 1. The number of likely N-dealkylation sites (N-methyl/N-ethyl adjacent to an activating group) is 1. The minimum Gasteiger partial charge on any atom is -0.486 e. The van der Waals surface area contributed by atoms with Gasteiger partial charge in [0.1, 0.15) is 13.2 Å². The number of nitrogens with one attached hydrogen (secondary N) is 1. The molecule has 1 aliphatic rings. The maximum Gasteiger partial charge on any atom is 0.161 e. The Morgan fingerprint density at radius 1 is 1.24 bits per heavy atom. The summed E-state index contributed by atoms with van der Waals surface area (Å²) in [4.78, 5) is 1.98. The van der Waals surface area contributed by atoms with Gasteiger partial charge < -0.3 is 24.8 Å². The molecule has 118 valence electrons. The summed E-state index contributed by atoms with van der Waals surface area (Å²) in [7, 11) is 3.92. The van der Waals surface area contributed by atoms with E-state index in [0.717, 1.165) is 17.9 Å². The normalized spacial score (nSPS) is 16.8. The van der Waals surface area contributed by atoms with Crippen LogP contribution in [0.15, 0.2) is 18.2 Å². The summed E-state index contributed by atoms with van der Waals surface area (Å²) < 4.78 is 11.2. The molecule has 0 aromatic heterocycles. The molecule has 0 saturated heterocycles. The van der Waals surface area contributed by atoms with E-state index in [1.54, 1.807) is 0 Å². The van der Waals surface area contributed by atoms with Gasteiger partial charge in [-0.25, -0.2) is 0 Å². The van der Waals surface area contributed by atoms with Crippen molar-refractivity contribution in [2.24, 2.45) is 0 Å².